The van der Waals surface area contributed by atoms with Crippen molar-refractivity contribution in [3.8, 4) is 11.4 Å². The molecule has 1 N–H and O–H groups in total. The lowest BCUT2D eigenvalue weighted by Gasteiger charge is -2.13. The number of aromatic nitrogens is 2. The van der Waals surface area contributed by atoms with Crippen molar-refractivity contribution in [1.29, 1.82) is 0 Å². The molecular weight excluding hydrogens is 200 g/mol. The summed E-state index contributed by atoms with van der Waals surface area (Å²) in [5, 5.41) is 13.7. The summed E-state index contributed by atoms with van der Waals surface area (Å²) < 4.78 is 1.99. The van der Waals surface area contributed by atoms with Crippen molar-refractivity contribution in [3.63, 3.8) is 0 Å². The normalized spacial score (nSPS) is 14.8. The van der Waals surface area contributed by atoms with Gasteiger partial charge in [-0.1, -0.05) is 0 Å². The first kappa shape index (κ1) is 9.46. The van der Waals surface area contributed by atoms with E-state index in [-0.39, 0.29) is 0 Å². The highest BCUT2D eigenvalue weighted by Crippen LogP contribution is 2.24. The second-order valence-corrected chi connectivity index (χ2v) is 4.25. The summed E-state index contributed by atoms with van der Waals surface area (Å²) in [6.45, 7) is 0. The van der Waals surface area contributed by atoms with E-state index in [0.29, 0.717) is 5.75 Å². The van der Waals surface area contributed by atoms with Gasteiger partial charge in [0, 0.05) is 5.69 Å². The number of aryl methyl sites for hydroxylation is 1. The summed E-state index contributed by atoms with van der Waals surface area (Å²) in [5.41, 5.74) is 3.73. The fourth-order valence-corrected chi connectivity index (χ4v) is 2.31. The molecule has 1 aliphatic carbocycles. The van der Waals surface area contributed by atoms with Crippen molar-refractivity contribution in [2.75, 3.05) is 0 Å². The van der Waals surface area contributed by atoms with Crippen LogP contribution in [0.25, 0.3) is 5.69 Å². The summed E-state index contributed by atoms with van der Waals surface area (Å²) in [5.74, 6) is 0.296. The highest BCUT2D eigenvalue weighted by atomic mass is 16.3. The number of fused-ring (bicyclic) bond motifs is 1. The second kappa shape index (κ2) is 3.67. The molecule has 0 aliphatic heterocycles. The molecule has 3 heteroatoms. The summed E-state index contributed by atoms with van der Waals surface area (Å²) in [7, 11) is 0. The summed E-state index contributed by atoms with van der Waals surface area (Å²) in [6.07, 6.45) is 6.75. The summed E-state index contributed by atoms with van der Waals surface area (Å²) in [6, 6.07) is 7.20. The Balaban J connectivity index is 2.06. The highest BCUT2D eigenvalue weighted by Gasteiger charge is 2.15. The van der Waals surface area contributed by atoms with Gasteiger partial charge in [0.25, 0.3) is 0 Å². The lowest BCUT2D eigenvalue weighted by molar-refractivity contribution is 0.475. The number of phenols is 1. The van der Waals surface area contributed by atoms with Gasteiger partial charge in [-0.05, 0) is 55.5 Å². The zero-order valence-electron chi connectivity index (χ0n) is 9.06. The summed E-state index contributed by atoms with van der Waals surface area (Å²) in [4.78, 5) is 0. The fourth-order valence-electron chi connectivity index (χ4n) is 2.31. The Kier molecular flexibility index (Phi) is 2.17. The molecule has 0 amide bonds. The third-order valence-electron chi connectivity index (χ3n) is 3.16. The number of aromatic hydroxyl groups is 1. The van der Waals surface area contributed by atoms with Crippen LogP contribution in [0.2, 0.25) is 0 Å². The molecule has 82 valence electrons. The Morgan fingerprint density at radius 1 is 1.06 bits per heavy atom. The van der Waals surface area contributed by atoms with E-state index in [0.717, 1.165) is 18.5 Å². The van der Waals surface area contributed by atoms with Crippen LogP contribution in [0.3, 0.4) is 0 Å². The van der Waals surface area contributed by atoms with Crippen molar-refractivity contribution in [1.82, 2.24) is 9.78 Å². The minimum Gasteiger partial charge on any atom is -0.508 e. The van der Waals surface area contributed by atoms with E-state index in [4.69, 9.17) is 0 Å². The molecule has 0 atom stereocenters. The first-order chi connectivity index (χ1) is 7.84. The molecule has 0 bridgehead atoms. The molecule has 0 spiro atoms. The second-order valence-electron chi connectivity index (χ2n) is 4.25. The van der Waals surface area contributed by atoms with Crippen LogP contribution in [0.15, 0.2) is 30.5 Å². The van der Waals surface area contributed by atoms with Crippen LogP contribution in [0.4, 0.5) is 0 Å². The molecule has 0 unspecified atom stereocenters. The molecule has 0 saturated heterocycles. The Morgan fingerprint density at radius 3 is 2.62 bits per heavy atom. The number of nitrogens with zero attached hydrogens (tertiary/aromatic N) is 2. The van der Waals surface area contributed by atoms with Gasteiger partial charge in [-0.25, -0.2) is 4.68 Å². The number of hydrogen-bond acceptors (Lipinski definition) is 2. The van der Waals surface area contributed by atoms with Crippen LogP contribution in [0, 0.1) is 0 Å². The van der Waals surface area contributed by atoms with Crippen LogP contribution >= 0.6 is 0 Å². The van der Waals surface area contributed by atoms with Crippen LogP contribution in [0.1, 0.15) is 24.1 Å². The molecule has 1 aromatic heterocycles. The number of hydrogen-bond donors (Lipinski definition) is 1. The number of benzene rings is 1. The fraction of sp³-hybridized carbons (Fsp3) is 0.308. The Labute approximate surface area is 94.3 Å². The van der Waals surface area contributed by atoms with Crippen molar-refractivity contribution in [2.24, 2.45) is 0 Å². The van der Waals surface area contributed by atoms with Gasteiger partial charge in [-0.15, -0.1) is 0 Å². The predicted molar refractivity (Wildman–Crippen MR) is 61.9 cm³/mol. The maximum Gasteiger partial charge on any atom is 0.115 e. The Morgan fingerprint density at radius 2 is 1.81 bits per heavy atom. The number of phenolic OH excluding ortho intramolecular Hbond substituents is 1. The van der Waals surface area contributed by atoms with E-state index < -0.39 is 0 Å². The molecule has 3 nitrogen and oxygen atoms in total. The van der Waals surface area contributed by atoms with Crippen LogP contribution in [-0.4, -0.2) is 14.9 Å². The van der Waals surface area contributed by atoms with Crippen molar-refractivity contribution in [3.05, 3.63) is 41.7 Å². The zero-order chi connectivity index (χ0) is 11.0. The van der Waals surface area contributed by atoms with Crippen LogP contribution in [-0.2, 0) is 12.8 Å². The zero-order valence-corrected chi connectivity index (χ0v) is 9.06. The molecule has 0 fully saturated rings. The summed E-state index contributed by atoms with van der Waals surface area (Å²) >= 11 is 0. The molecule has 1 aromatic carbocycles. The van der Waals surface area contributed by atoms with E-state index in [1.165, 1.54) is 24.1 Å². The predicted octanol–water partition coefficient (Wildman–Crippen LogP) is 2.46. The average molecular weight is 214 g/mol. The van der Waals surface area contributed by atoms with Gasteiger partial charge < -0.3 is 5.11 Å². The average Bonchev–Trinajstić information content (AvgIpc) is 2.74. The van der Waals surface area contributed by atoms with Gasteiger partial charge in [0.1, 0.15) is 5.75 Å². The third kappa shape index (κ3) is 1.48. The van der Waals surface area contributed by atoms with Crippen molar-refractivity contribution < 1.29 is 5.11 Å². The Bertz CT molecular complexity index is 499. The SMILES string of the molecule is Oc1ccc(-n2ncc3c2CCCC3)cc1. The van der Waals surface area contributed by atoms with Gasteiger partial charge in [-0.2, -0.15) is 5.10 Å². The monoisotopic (exact) mass is 214 g/mol. The topological polar surface area (TPSA) is 38.0 Å². The van der Waals surface area contributed by atoms with Gasteiger partial charge in [0.05, 0.1) is 11.9 Å². The molecular formula is C13H14N2O. The molecule has 3 rings (SSSR count). The van der Waals surface area contributed by atoms with E-state index in [1.807, 2.05) is 23.0 Å². The van der Waals surface area contributed by atoms with E-state index in [9.17, 15) is 5.11 Å². The lowest BCUT2D eigenvalue weighted by atomic mass is 9.98. The molecule has 2 aromatic rings. The first-order valence-electron chi connectivity index (χ1n) is 5.70. The highest BCUT2D eigenvalue weighted by molar-refractivity contribution is 5.39. The molecule has 0 saturated carbocycles. The Hall–Kier alpha value is -1.77. The minimum absolute atomic E-state index is 0.296. The van der Waals surface area contributed by atoms with Crippen molar-refractivity contribution in [2.45, 2.75) is 25.7 Å². The van der Waals surface area contributed by atoms with E-state index >= 15 is 0 Å². The molecule has 0 radical (unpaired) electrons. The molecule has 16 heavy (non-hydrogen) atoms. The van der Waals surface area contributed by atoms with Gasteiger partial charge in [-0.3, -0.25) is 0 Å². The molecule has 1 aliphatic rings. The van der Waals surface area contributed by atoms with Gasteiger partial charge in [0.15, 0.2) is 0 Å². The van der Waals surface area contributed by atoms with Gasteiger partial charge in [0.2, 0.25) is 0 Å². The maximum atomic E-state index is 9.26. The molecule has 1 heterocycles. The third-order valence-corrected chi connectivity index (χ3v) is 3.16. The van der Waals surface area contributed by atoms with Crippen LogP contribution in [0.5, 0.6) is 5.75 Å². The lowest BCUT2D eigenvalue weighted by Crippen LogP contribution is -2.07. The first-order valence-corrected chi connectivity index (χ1v) is 5.70. The maximum absolute atomic E-state index is 9.26. The largest absolute Gasteiger partial charge is 0.508 e. The van der Waals surface area contributed by atoms with Gasteiger partial charge >= 0.3 is 0 Å². The van der Waals surface area contributed by atoms with E-state index in [2.05, 4.69) is 5.10 Å². The smallest absolute Gasteiger partial charge is 0.115 e. The van der Waals surface area contributed by atoms with Crippen LogP contribution < -0.4 is 0 Å². The van der Waals surface area contributed by atoms with E-state index in [1.54, 1.807) is 12.1 Å². The minimum atomic E-state index is 0.296. The quantitative estimate of drug-likeness (QED) is 0.791. The standard InChI is InChI=1S/C13H14N2O/c16-12-7-5-11(6-8-12)15-13-4-2-1-3-10(13)9-14-15/h5-9,16H,1-4H2. The van der Waals surface area contributed by atoms with Crippen molar-refractivity contribution >= 4 is 0 Å². The number of rotatable bonds is 1.